The van der Waals surface area contributed by atoms with E-state index in [0.29, 0.717) is 12.1 Å². The van der Waals surface area contributed by atoms with Gasteiger partial charge in [0, 0.05) is 31.6 Å². The van der Waals surface area contributed by atoms with Gasteiger partial charge in [-0.2, -0.15) is 4.31 Å². The predicted octanol–water partition coefficient (Wildman–Crippen LogP) is 3.80. The van der Waals surface area contributed by atoms with E-state index in [0.717, 1.165) is 31.4 Å². The maximum Gasteiger partial charge on any atom is 0.243 e. The summed E-state index contributed by atoms with van der Waals surface area (Å²) >= 11 is 0. The van der Waals surface area contributed by atoms with Gasteiger partial charge in [0.2, 0.25) is 15.9 Å². The Bertz CT molecular complexity index is 856. The number of nitrogens with zero attached hydrogens (tertiary/aromatic N) is 1. The van der Waals surface area contributed by atoms with E-state index in [9.17, 15) is 13.2 Å². The van der Waals surface area contributed by atoms with Crippen molar-refractivity contribution < 1.29 is 17.6 Å². The lowest BCUT2D eigenvalue weighted by molar-refractivity contribution is -0.116. The van der Waals surface area contributed by atoms with Gasteiger partial charge in [0.25, 0.3) is 0 Å². The maximum atomic E-state index is 13.0. The number of amides is 1. The standard InChI is InChI=1S/C20H26N2O4S/c1-22(17-8-3-2-4-9-17)27(24,25)19-11-5-7-16(15-19)21-20(23)13-12-18-10-6-14-26-18/h5-7,10-11,14-15,17H,2-4,8-9,12-13H2,1H3,(H,21,23). The smallest absolute Gasteiger partial charge is 0.243 e. The van der Waals surface area contributed by atoms with Gasteiger partial charge in [-0.15, -0.1) is 0 Å². The molecule has 27 heavy (non-hydrogen) atoms. The van der Waals surface area contributed by atoms with Crippen LogP contribution in [-0.4, -0.2) is 31.7 Å². The lowest BCUT2D eigenvalue weighted by Crippen LogP contribution is -2.38. The number of carbonyl (C=O) groups excluding carboxylic acids is 1. The van der Waals surface area contributed by atoms with E-state index in [4.69, 9.17) is 4.42 Å². The molecule has 0 bridgehead atoms. The summed E-state index contributed by atoms with van der Waals surface area (Å²) in [5.74, 6) is 0.567. The van der Waals surface area contributed by atoms with Crippen LogP contribution < -0.4 is 5.32 Å². The third-order valence-corrected chi connectivity index (χ3v) is 6.97. The van der Waals surface area contributed by atoms with Crippen molar-refractivity contribution in [3.8, 4) is 0 Å². The summed E-state index contributed by atoms with van der Waals surface area (Å²) in [4.78, 5) is 12.3. The molecule has 1 heterocycles. The van der Waals surface area contributed by atoms with Crippen LogP contribution in [0.4, 0.5) is 5.69 Å². The molecule has 0 atom stereocenters. The van der Waals surface area contributed by atoms with Crippen LogP contribution in [0.15, 0.2) is 52.0 Å². The molecule has 6 nitrogen and oxygen atoms in total. The fourth-order valence-corrected chi connectivity index (χ4v) is 4.92. The Kier molecular flexibility index (Phi) is 6.34. The van der Waals surface area contributed by atoms with Gasteiger partial charge in [0.05, 0.1) is 11.2 Å². The van der Waals surface area contributed by atoms with Crippen LogP contribution in [0.25, 0.3) is 0 Å². The third kappa shape index (κ3) is 4.99. The van der Waals surface area contributed by atoms with Crippen LogP contribution in [0.1, 0.15) is 44.3 Å². The van der Waals surface area contributed by atoms with Gasteiger partial charge in [-0.05, 0) is 43.2 Å². The molecule has 1 aliphatic carbocycles. The zero-order valence-corrected chi connectivity index (χ0v) is 16.4. The highest BCUT2D eigenvalue weighted by Crippen LogP contribution is 2.27. The molecule has 1 saturated carbocycles. The third-order valence-electron chi connectivity index (χ3n) is 5.06. The number of carbonyl (C=O) groups is 1. The number of sulfonamides is 1. The molecule has 1 fully saturated rings. The second-order valence-corrected chi connectivity index (χ2v) is 8.97. The van der Waals surface area contributed by atoms with Crippen molar-refractivity contribution in [1.82, 2.24) is 4.31 Å². The highest BCUT2D eigenvalue weighted by molar-refractivity contribution is 7.89. The lowest BCUT2D eigenvalue weighted by atomic mass is 9.96. The Balaban J connectivity index is 1.65. The first kappa shape index (κ1) is 19.6. The molecule has 3 rings (SSSR count). The van der Waals surface area contributed by atoms with E-state index in [2.05, 4.69) is 5.32 Å². The Morgan fingerprint density at radius 2 is 1.96 bits per heavy atom. The van der Waals surface area contributed by atoms with E-state index in [1.165, 1.54) is 16.8 Å². The Morgan fingerprint density at radius 1 is 1.19 bits per heavy atom. The van der Waals surface area contributed by atoms with Crippen LogP contribution >= 0.6 is 0 Å². The molecular formula is C20H26N2O4S. The molecule has 0 saturated heterocycles. The predicted molar refractivity (Wildman–Crippen MR) is 104 cm³/mol. The highest BCUT2D eigenvalue weighted by Gasteiger charge is 2.29. The molecule has 1 aliphatic rings. The number of aryl methyl sites for hydroxylation is 1. The van der Waals surface area contributed by atoms with E-state index < -0.39 is 10.0 Å². The second-order valence-electron chi connectivity index (χ2n) is 6.97. The zero-order chi connectivity index (χ0) is 19.3. The molecule has 146 valence electrons. The van der Waals surface area contributed by atoms with Crippen molar-refractivity contribution in [2.45, 2.75) is 55.9 Å². The van der Waals surface area contributed by atoms with Crippen LogP contribution in [0, 0.1) is 0 Å². The Morgan fingerprint density at radius 3 is 2.67 bits per heavy atom. The van der Waals surface area contributed by atoms with Gasteiger partial charge >= 0.3 is 0 Å². The van der Waals surface area contributed by atoms with Crippen molar-refractivity contribution in [2.24, 2.45) is 0 Å². The molecular weight excluding hydrogens is 364 g/mol. The topological polar surface area (TPSA) is 79.6 Å². The van der Waals surface area contributed by atoms with Crippen molar-refractivity contribution in [3.05, 3.63) is 48.4 Å². The first-order valence-electron chi connectivity index (χ1n) is 9.37. The Labute approximate surface area is 160 Å². The van der Waals surface area contributed by atoms with Gasteiger partial charge in [0.15, 0.2) is 0 Å². The number of benzene rings is 1. The molecule has 1 N–H and O–H groups in total. The summed E-state index contributed by atoms with van der Waals surface area (Å²) in [5.41, 5.74) is 0.484. The van der Waals surface area contributed by atoms with E-state index in [-0.39, 0.29) is 23.3 Å². The first-order valence-corrected chi connectivity index (χ1v) is 10.8. The van der Waals surface area contributed by atoms with Crippen molar-refractivity contribution in [3.63, 3.8) is 0 Å². The monoisotopic (exact) mass is 390 g/mol. The summed E-state index contributed by atoms with van der Waals surface area (Å²) in [6, 6.07) is 10.1. The molecule has 0 spiro atoms. The number of rotatable bonds is 7. The average molecular weight is 391 g/mol. The van der Waals surface area contributed by atoms with E-state index in [1.54, 1.807) is 37.6 Å². The summed E-state index contributed by atoms with van der Waals surface area (Å²) in [6.45, 7) is 0. The number of hydrogen-bond acceptors (Lipinski definition) is 4. The normalized spacial score (nSPS) is 15.8. The van der Waals surface area contributed by atoms with Gasteiger partial charge in [0.1, 0.15) is 5.76 Å². The number of anilines is 1. The maximum absolute atomic E-state index is 13.0. The van der Waals surface area contributed by atoms with Crippen LogP contribution in [0.2, 0.25) is 0 Å². The van der Waals surface area contributed by atoms with Crippen molar-refractivity contribution in [2.75, 3.05) is 12.4 Å². The summed E-state index contributed by atoms with van der Waals surface area (Å²) < 4.78 is 32.6. The molecule has 0 radical (unpaired) electrons. The van der Waals surface area contributed by atoms with Crippen LogP contribution in [-0.2, 0) is 21.2 Å². The Hall–Kier alpha value is -2.12. The van der Waals surface area contributed by atoms with Crippen molar-refractivity contribution in [1.29, 1.82) is 0 Å². The second kappa shape index (κ2) is 8.71. The minimum atomic E-state index is -3.58. The summed E-state index contributed by atoms with van der Waals surface area (Å²) in [6.07, 6.45) is 7.45. The lowest BCUT2D eigenvalue weighted by Gasteiger charge is -2.30. The molecule has 1 amide bonds. The SMILES string of the molecule is CN(C1CCCCC1)S(=O)(=O)c1cccc(NC(=O)CCc2ccco2)c1. The molecule has 0 aliphatic heterocycles. The highest BCUT2D eigenvalue weighted by atomic mass is 32.2. The largest absolute Gasteiger partial charge is 0.469 e. The zero-order valence-electron chi connectivity index (χ0n) is 15.6. The molecule has 7 heteroatoms. The summed E-state index contributed by atoms with van der Waals surface area (Å²) in [7, 11) is -1.92. The van der Waals surface area contributed by atoms with Crippen molar-refractivity contribution >= 4 is 21.6 Å². The first-order chi connectivity index (χ1) is 13.0. The average Bonchev–Trinajstić information content (AvgIpc) is 3.20. The quantitative estimate of drug-likeness (QED) is 0.780. The fourth-order valence-electron chi connectivity index (χ4n) is 3.46. The number of furan rings is 1. The molecule has 1 aromatic carbocycles. The minimum Gasteiger partial charge on any atom is -0.469 e. The van der Waals surface area contributed by atoms with Gasteiger partial charge in [-0.3, -0.25) is 4.79 Å². The molecule has 1 aromatic heterocycles. The van der Waals surface area contributed by atoms with Gasteiger partial charge < -0.3 is 9.73 Å². The van der Waals surface area contributed by atoms with Crippen LogP contribution in [0.3, 0.4) is 0 Å². The minimum absolute atomic E-state index is 0.0512. The van der Waals surface area contributed by atoms with Gasteiger partial charge in [-0.1, -0.05) is 25.3 Å². The summed E-state index contributed by atoms with van der Waals surface area (Å²) in [5, 5.41) is 2.77. The fraction of sp³-hybridized carbons (Fsp3) is 0.450. The van der Waals surface area contributed by atoms with Gasteiger partial charge in [-0.25, -0.2) is 8.42 Å². The number of hydrogen-bond donors (Lipinski definition) is 1. The van der Waals surface area contributed by atoms with E-state index in [1.807, 2.05) is 6.07 Å². The van der Waals surface area contributed by atoms with E-state index >= 15 is 0 Å². The van der Waals surface area contributed by atoms with Crippen LogP contribution in [0.5, 0.6) is 0 Å². The molecule has 0 unspecified atom stereocenters. The molecule has 2 aromatic rings. The number of nitrogens with one attached hydrogen (secondary N) is 1.